The number of nitrogens with zero attached hydrogens (tertiary/aromatic N) is 3. The molecule has 1 aromatic heterocycles. The first-order valence-corrected chi connectivity index (χ1v) is 8.89. The van der Waals surface area contributed by atoms with Crippen LogP contribution in [0.25, 0.3) is 0 Å². The van der Waals surface area contributed by atoms with E-state index in [0.29, 0.717) is 13.1 Å². The number of hydrogen-bond acceptors (Lipinski definition) is 5. The van der Waals surface area contributed by atoms with Crippen LogP contribution in [0.5, 0.6) is 5.75 Å². The van der Waals surface area contributed by atoms with E-state index in [4.69, 9.17) is 0 Å². The number of nitrogens with one attached hydrogen (secondary N) is 1. The molecule has 0 saturated carbocycles. The summed E-state index contributed by atoms with van der Waals surface area (Å²) in [6.45, 7) is 3.09. The van der Waals surface area contributed by atoms with Crippen molar-refractivity contribution in [2.45, 2.75) is 12.9 Å². The quantitative estimate of drug-likeness (QED) is 0.816. The fourth-order valence-corrected chi connectivity index (χ4v) is 3.00. The Morgan fingerprint density at radius 3 is 2.46 bits per heavy atom. The number of ether oxygens (including phenoxy) is 1. The van der Waals surface area contributed by atoms with Crippen molar-refractivity contribution < 1.29 is 22.7 Å². The molecule has 1 fully saturated rings. The monoisotopic (exact) mass is 394 g/mol. The van der Waals surface area contributed by atoms with Crippen molar-refractivity contribution >= 4 is 11.7 Å². The highest BCUT2D eigenvalue weighted by Crippen LogP contribution is 2.26. The van der Waals surface area contributed by atoms with Crippen LogP contribution in [0.15, 0.2) is 48.7 Å². The van der Waals surface area contributed by atoms with Crippen LogP contribution >= 0.6 is 0 Å². The Labute approximate surface area is 160 Å². The van der Waals surface area contributed by atoms with Crippen LogP contribution in [0.1, 0.15) is 5.56 Å². The zero-order valence-corrected chi connectivity index (χ0v) is 15.2. The number of carbonyl (C=O) groups excluding carboxylic acids is 1. The number of benzene rings is 1. The Bertz CT molecular complexity index is 778. The molecule has 0 aliphatic carbocycles. The van der Waals surface area contributed by atoms with Crippen LogP contribution in [0, 0.1) is 0 Å². The predicted octanol–water partition coefficient (Wildman–Crippen LogP) is 2.42. The van der Waals surface area contributed by atoms with Crippen molar-refractivity contribution in [1.29, 1.82) is 0 Å². The number of para-hydroxylation sites is 1. The number of hydrogen-bond donors (Lipinski definition) is 1. The largest absolute Gasteiger partial charge is 0.573 e. The van der Waals surface area contributed by atoms with Crippen molar-refractivity contribution in [3.8, 4) is 5.75 Å². The first-order chi connectivity index (χ1) is 13.4. The lowest BCUT2D eigenvalue weighted by atomic mass is 10.2. The third-order valence-corrected chi connectivity index (χ3v) is 4.39. The smallest absolute Gasteiger partial charge is 0.405 e. The van der Waals surface area contributed by atoms with E-state index in [1.54, 1.807) is 12.3 Å². The van der Waals surface area contributed by atoms with Crippen molar-refractivity contribution in [1.82, 2.24) is 15.2 Å². The summed E-state index contributed by atoms with van der Waals surface area (Å²) in [5.74, 6) is 0.361. The summed E-state index contributed by atoms with van der Waals surface area (Å²) in [4.78, 5) is 20.7. The highest BCUT2D eigenvalue weighted by molar-refractivity contribution is 5.78. The van der Waals surface area contributed by atoms with Crippen LogP contribution in [0.2, 0.25) is 0 Å². The molecule has 1 amide bonds. The number of aromatic nitrogens is 1. The van der Waals surface area contributed by atoms with Gasteiger partial charge in [-0.25, -0.2) is 4.98 Å². The van der Waals surface area contributed by atoms with Gasteiger partial charge in [0.15, 0.2) is 0 Å². The molecule has 9 heteroatoms. The lowest BCUT2D eigenvalue weighted by Crippen LogP contribution is -2.49. The number of amides is 1. The second-order valence-electron chi connectivity index (χ2n) is 6.38. The molecule has 0 unspecified atom stereocenters. The zero-order chi connectivity index (χ0) is 20.0. The van der Waals surface area contributed by atoms with Gasteiger partial charge in [-0.2, -0.15) is 0 Å². The molecule has 1 aromatic carbocycles. The van der Waals surface area contributed by atoms with Gasteiger partial charge in [-0.3, -0.25) is 9.69 Å². The zero-order valence-electron chi connectivity index (χ0n) is 15.2. The van der Waals surface area contributed by atoms with Crippen molar-refractivity contribution in [3.05, 3.63) is 54.2 Å². The Hall–Kier alpha value is -2.81. The molecule has 6 nitrogen and oxygen atoms in total. The van der Waals surface area contributed by atoms with E-state index in [1.807, 2.05) is 23.1 Å². The summed E-state index contributed by atoms with van der Waals surface area (Å²) in [5, 5.41) is 2.66. The maximum absolute atomic E-state index is 12.5. The van der Waals surface area contributed by atoms with E-state index in [0.717, 1.165) is 18.9 Å². The summed E-state index contributed by atoms with van der Waals surface area (Å²) in [6, 6.07) is 11.5. The van der Waals surface area contributed by atoms with Crippen LogP contribution < -0.4 is 15.0 Å². The number of piperazine rings is 1. The molecule has 150 valence electrons. The molecule has 28 heavy (non-hydrogen) atoms. The highest BCUT2D eigenvalue weighted by Gasteiger charge is 2.32. The van der Waals surface area contributed by atoms with Gasteiger partial charge < -0.3 is 15.0 Å². The molecule has 1 N–H and O–H groups in total. The Morgan fingerprint density at radius 1 is 1.07 bits per heavy atom. The predicted molar refractivity (Wildman–Crippen MR) is 97.9 cm³/mol. The first kappa shape index (κ1) is 19.9. The first-order valence-electron chi connectivity index (χ1n) is 8.89. The Kier molecular flexibility index (Phi) is 6.35. The van der Waals surface area contributed by atoms with E-state index in [9.17, 15) is 18.0 Å². The molecular formula is C19H21F3N4O2. The summed E-state index contributed by atoms with van der Waals surface area (Å²) in [5.41, 5.74) is 0.271. The van der Waals surface area contributed by atoms with Crippen LogP contribution in [0.3, 0.4) is 0 Å². The number of anilines is 1. The van der Waals surface area contributed by atoms with E-state index in [1.165, 1.54) is 18.2 Å². The standard InChI is InChI=1S/C19H21F3N4O2/c20-19(21,22)28-16-6-2-1-5-15(16)13-24-18(27)14-25-9-11-26(12-10-25)17-7-3-4-8-23-17/h1-8H,9-14H2,(H,24,27). The molecular weight excluding hydrogens is 373 g/mol. The molecule has 0 spiro atoms. The Balaban J connectivity index is 1.46. The van der Waals surface area contributed by atoms with Crippen molar-refractivity contribution in [3.63, 3.8) is 0 Å². The van der Waals surface area contributed by atoms with Crippen LogP contribution in [-0.2, 0) is 11.3 Å². The van der Waals surface area contributed by atoms with Crippen molar-refractivity contribution in [2.24, 2.45) is 0 Å². The maximum Gasteiger partial charge on any atom is 0.573 e. The lowest BCUT2D eigenvalue weighted by molar-refractivity contribution is -0.274. The minimum Gasteiger partial charge on any atom is -0.405 e. The number of alkyl halides is 3. The molecule has 1 saturated heterocycles. The summed E-state index contributed by atoms with van der Waals surface area (Å²) in [7, 11) is 0. The van der Waals surface area contributed by atoms with E-state index >= 15 is 0 Å². The van der Waals surface area contributed by atoms with Gasteiger partial charge in [-0.1, -0.05) is 24.3 Å². The summed E-state index contributed by atoms with van der Waals surface area (Å²) < 4.78 is 41.4. The minimum absolute atomic E-state index is 0.0288. The van der Waals surface area contributed by atoms with Gasteiger partial charge in [-0.15, -0.1) is 13.2 Å². The van der Waals surface area contributed by atoms with E-state index < -0.39 is 6.36 Å². The van der Waals surface area contributed by atoms with Crippen LogP contribution in [-0.4, -0.2) is 54.9 Å². The number of halogens is 3. The van der Waals surface area contributed by atoms with Gasteiger partial charge in [0, 0.05) is 44.5 Å². The van der Waals surface area contributed by atoms with E-state index in [2.05, 4.69) is 19.9 Å². The third kappa shape index (κ3) is 5.85. The second kappa shape index (κ2) is 8.92. The molecule has 0 bridgehead atoms. The average molecular weight is 394 g/mol. The molecule has 2 aromatic rings. The van der Waals surface area contributed by atoms with Gasteiger partial charge in [-0.05, 0) is 18.2 Å². The number of carbonyl (C=O) groups is 1. The van der Waals surface area contributed by atoms with Crippen molar-refractivity contribution in [2.75, 3.05) is 37.6 Å². The second-order valence-corrected chi connectivity index (χ2v) is 6.38. The van der Waals surface area contributed by atoms with E-state index in [-0.39, 0.29) is 30.3 Å². The number of pyridine rings is 1. The topological polar surface area (TPSA) is 57.7 Å². The molecule has 2 heterocycles. The van der Waals surface area contributed by atoms with Gasteiger partial charge in [0.25, 0.3) is 0 Å². The molecule has 1 aliphatic rings. The molecule has 3 rings (SSSR count). The van der Waals surface area contributed by atoms with Crippen LogP contribution in [0.4, 0.5) is 19.0 Å². The van der Waals surface area contributed by atoms with Gasteiger partial charge in [0.05, 0.1) is 6.54 Å². The van der Waals surface area contributed by atoms with Gasteiger partial charge >= 0.3 is 6.36 Å². The fraction of sp³-hybridized carbons (Fsp3) is 0.368. The summed E-state index contributed by atoms with van der Waals surface area (Å²) >= 11 is 0. The van der Waals surface area contributed by atoms with Gasteiger partial charge in [0.2, 0.25) is 5.91 Å². The molecule has 0 atom stereocenters. The molecule has 1 aliphatic heterocycles. The average Bonchev–Trinajstić information content (AvgIpc) is 2.67. The SMILES string of the molecule is O=C(CN1CCN(c2ccccn2)CC1)NCc1ccccc1OC(F)(F)F. The van der Waals surface area contributed by atoms with Gasteiger partial charge in [0.1, 0.15) is 11.6 Å². The summed E-state index contributed by atoms with van der Waals surface area (Å²) in [6.07, 6.45) is -3.02. The normalized spacial score (nSPS) is 15.3. The lowest BCUT2D eigenvalue weighted by Gasteiger charge is -2.34. The number of rotatable bonds is 6. The maximum atomic E-state index is 12.5. The fourth-order valence-electron chi connectivity index (χ4n) is 3.00. The Morgan fingerprint density at radius 2 is 1.79 bits per heavy atom. The third-order valence-electron chi connectivity index (χ3n) is 4.39. The highest BCUT2D eigenvalue weighted by atomic mass is 19.4. The molecule has 0 radical (unpaired) electrons. The minimum atomic E-state index is -4.77.